The van der Waals surface area contributed by atoms with Crippen molar-refractivity contribution in [2.45, 2.75) is 36.6 Å². The van der Waals surface area contributed by atoms with Gasteiger partial charge in [0.2, 0.25) is 0 Å². The number of nitrogens with one attached hydrogen (secondary N) is 2. The van der Waals surface area contributed by atoms with Gasteiger partial charge in [-0.1, -0.05) is 11.6 Å². The molecule has 0 spiro atoms. The number of hydrogen-bond donors (Lipinski definition) is 3. The van der Waals surface area contributed by atoms with Gasteiger partial charge >= 0.3 is 0 Å². The lowest BCUT2D eigenvalue weighted by Crippen LogP contribution is -2.84. The Balaban J connectivity index is 1.23. The Morgan fingerprint density at radius 1 is 1.44 bits per heavy atom. The molecule has 2 bridgehead atoms. The van der Waals surface area contributed by atoms with Crippen molar-refractivity contribution in [2.75, 3.05) is 6.61 Å². The van der Waals surface area contributed by atoms with Gasteiger partial charge in [-0.3, -0.25) is 14.8 Å². The van der Waals surface area contributed by atoms with Crippen molar-refractivity contribution in [3.05, 3.63) is 47.0 Å². The van der Waals surface area contributed by atoms with E-state index in [1.807, 2.05) is 0 Å². The average Bonchev–Trinajstić information content (AvgIpc) is 2.99. The third-order valence-corrected chi connectivity index (χ3v) is 5.45. The van der Waals surface area contributed by atoms with Gasteiger partial charge in [0.25, 0.3) is 5.91 Å². The van der Waals surface area contributed by atoms with Crippen molar-refractivity contribution < 1.29 is 19.0 Å². The zero-order chi connectivity index (χ0) is 19.2. The molecule has 3 saturated carbocycles. The van der Waals surface area contributed by atoms with Crippen LogP contribution in [-0.4, -0.2) is 44.7 Å². The van der Waals surface area contributed by atoms with Gasteiger partial charge in [-0.25, -0.2) is 4.39 Å². The van der Waals surface area contributed by atoms with E-state index < -0.39 is 12.0 Å². The molecule has 2 aromatic rings. The summed E-state index contributed by atoms with van der Waals surface area (Å²) in [6.45, 7) is -0.0160. The molecule has 144 valence electrons. The third-order valence-electron chi connectivity index (χ3n) is 5.15. The molecule has 1 heterocycles. The van der Waals surface area contributed by atoms with E-state index in [1.165, 1.54) is 18.3 Å². The number of hydrogen-bond acceptors (Lipinski definition) is 5. The first-order valence-corrected chi connectivity index (χ1v) is 9.01. The van der Waals surface area contributed by atoms with Crippen molar-refractivity contribution >= 4 is 17.5 Å². The monoisotopic (exact) mass is 394 g/mol. The van der Waals surface area contributed by atoms with E-state index in [9.17, 15) is 14.3 Å². The highest BCUT2D eigenvalue weighted by molar-refractivity contribution is 6.30. The topological polar surface area (TPSA) is 88.4 Å². The molecule has 9 heteroatoms. The molecular formula is C18H20ClFN4O3. The number of halogens is 2. The minimum Gasteiger partial charge on any atom is -0.489 e. The summed E-state index contributed by atoms with van der Waals surface area (Å²) in [6.07, 6.45) is 4.57. The van der Waals surface area contributed by atoms with Crippen LogP contribution in [0.2, 0.25) is 5.02 Å². The Bertz CT molecular complexity index is 867. The zero-order valence-electron chi connectivity index (χ0n) is 14.7. The Kier molecular flexibility index (Phi) is 4.37. The van der Waals surface area contributed by atoms with Crippen LogP contribution in [0.3, 0.4) is 0 Å². The molecule has 1 aromatic carbocycles. The smallest absolute Gasteiger partial charge is 0.254 e. The Labute approximate surface area is 160 Å². The third kappa shape index (κ3) is 3.52. The van der Waals surface area contributed by atoms with E-state index in [4.69, 9.17) is 16.3 Å². The number of carbonyl (C=O) groups is 1. The molecule has 3 aliphatic rings. The molecule has 1 unspecified atom stereocenters. The summed E-state index contributed by atoms with van der Waals surface area (Å²) >= 11 is 5.62. The molecule has 1 amide bonds. The maximum Gasteiger partial charge on any atom is 0.254 e. The summed E-state index contributed by atoms with van der Waals surface area (Å²) in [5.41, 5.74) is 0.142. The van der Waals surface area contributed by atoms with E-state index in [0.717, 1.165) is 19.3 Å². The quantitative estimate of drug-likeness (QED) is 0.621. The zero-order valence-corrected chi connectivity index (χ0v) is 15.5. The first-order valence-electron chi connectivity index (χ1n) is 8.63. The molecule has 1 atom stereocenters. The Morgan fingerprint density at radius 2 is 2.19 bits per heavy atom. The first kappa shape index (κ1) is 18.2. The van der Waals surface area contributed by atoms with Crippen molar-refractivity contribution in [3.8, 4) is 5.75 Å². The summed E-state index contributed by atoms with van der Waals surface area (Å²) in [7, 11) is 1.76. The predicted octanol–water partition coefficient (Wildman–Crippen LogP) is 1.60. The minimum atomic E-state index is -0.893. The van der Waals surface area contributed by atoms with Crippen molar-refractivity contribution in [1.82, 2.24) is 20.4 Å². The highest BCUT2D eigenvalue weighted by Gasteiger charge is 2.68. The molecule has 3 N–H and O–H groups in total. The highest BCUT2D eigenvalue weighted by atomic mass is 35.5. The van der Waals surface area contributed by atoms with Crippen LogP contribution < -0.4 is 15.4 Å². The van der Waals surface area contributed by atoms with Gasteiger partial charge in [0.1, 0.15) is 24.4 Å². The number of ether oxygens (including phenoxy) is 1. The SMILES string of the molecule is Cn1cc(C(=O)NC23CC(NC(O)COc4ccc(Cl)c(F)c4)(C2)C3)cn1. The molecular weight excluding hydrogens is 375 g/mol. The van der Waals surface area contributed by atoms with Crippen LogP contribution in [0.4, 0.5) is 4.39 Å². The molecule has 3 fully saturated rings. The second-order valence-electron chi connectivity index (χ2n) is 7.49. The second kappa shape index (κ2) is 6.47. The lowest BCUT2D eigenvalue weighted by atomic mass is 9.44. The van der Waals surface area contributed by atoms with Crippen LogP contribution in [0.15, 0.2) is 30.6 Å². The highest BCUT2D eigenvalue weighted by Crippen LogP contribution is 2.60. The van der Waals surface area contributed by atoms with Crippen molar-refractivity contribution in [1.29, 1.82) is 0 Å². The van der Waals surface area contributed by atoms with E-state index in [-0.39, 0.29) is 28.6 Å². The van der Waals surface area contributed by atoms with Gasteiger partial charge in [-0.2, -0.15) is 5.10 Å². The lowest BCUT2D eigenvalue weighted by Gasteiger charge is -2.71. The maximum absolute atomic E-state index is 13.4. The number of nitrogens with zero attached hydrogens (tertiary/aromatic N) is 2. The maximum atomic E-state index is 13.4. The van der Waals surface area contributed by atoms with Gasteiger partial charge in [0.15, 0.2) is 0 Å². The molecule has 0 saturated heterocycles. The normalized spacial score (nSPS) is 26.7. The van der Waals surface area contributed by atoms with Crippen LogP contribution in [0, 0.1) is 5.82 Å². The number of benzene rings is 1. The Hall–Kier alpha value is -2.16. The van der Waals surface area contributed by atoms with Gasteiger partial charge in [-0.15, -0.1) is 0 Å². The van der Waals surface area contributed by atoms with Crippen molar-refractivity contribution in [2.24, 2.45) is 7.05 Å². The molecule has 3 aliphatic carbocycles. The first-order chi connectivity index (χ1) is 12.8. The van der Waals surface area contributed by atoms with Crippen LogP contribution >= 0.6 is 11.6 Å². The standard InChI is InChI=1S/C18H20ClFN4O3/c1-24-6-11(5-21-24)16(26)23-18-8-17(9-18,10-18)22-15(25)7-27-12-2-3-13(19)14(20)4-12/h2-6,15,22,25H,7-10H2,1H3,(H,23,26). The van der Waals surface area contributed by atoms with E-state index in [2.05, 4.69) is 15.7 Å². The van der Waals surface area contributed by atoms with E-state index in [1.54, 1.807) is 24.0 Å². The second-order valence-corrected chi connectivity index (χ2v) is 7.90. The summed E-state index contributed by atoms with van der Waals surface area (Å²) in [6, 6.07) is 4.13. The summed E-state index contributed by atoms with van der Waals surface area (Å²) in [4.78, 5) is 12.2. The van der Waals surface area contributed by atoms with E-state index in [0.29, 0.717) is 11.3 Å². The van der Waals surface area contributed by atoms with Gasteiger partial charge in [0, 0.05) is 30.4 Å². The van der Waals surface area contributed by atoms with Gasteiger partial charge < -0.3 is 15.2 Å². The van der Waals surface area contributed by atoms with E-state index >= 15 is 0 Å². The van der Waals surface area contributed by atoms with Gasteiger partial charge in [0.05, 0.1) is 16.8 Å². The number of carbonyl (C=O) groups excluding carboxylic acids is 1. The number of aryl methyl sites for hydroxylation is 1. The van der Waals surface area contributed by atoms with Crippen LogP contribution in [-0.2, 0) is 7.05 Å². The summed E-state index contributed by atoms with van der Waals surface area (Å²) < 4.78 is 20.4. The average molecular weight is 395 g/mol. The van der Waals surface area contributed by atoms with Crippen molar-refractivity contribution in [3.63, 3.8) is 0 Å². The fourth-order valence-electron chi connectivity index (χ4n) is 4.06. The lowest BCUT2D eigenvalue weighted by molar-refractivity contribution is -0.127. The number of aliphatic hydroxyl groups is 1. The fraction of sp³-hybridized carbons (Fsp3) is 0.444. The van der Waals surface area contributed by atoms with Crippen LogP contribution in [0.25, 0.3) is 0 Å². The van der Waals surface area contributed by atoms with Gasteiger partial charge in [-0.05, 0) is 31.4 Å². The minimum absolute atomic E-state index is 0.0160. The predicted molar refractivity (Wildman–Crippen MR) is 96.0 cm³/mol. The van der Waals surface area contributed by atoms with Crippen LogP contribution in [0.5, 0.6) is 5.75 Å². The Morgan fingerprint density at radius 3 is 2.81 bits per heavy atom. The number of rotatable bonds is 7. The summed E-state index contributed by atoms with van der Waals surface area (Å²) in [5.74, 6) is -0.400. The molecule has 0 radical (unpaired) electrons. The number of aromatic nitrogens is 2. The summed E-state index contributed by atoms with van der Waals surface area (Å²) in [5, 5.41) is 20.4. The molecule has 1 aromatic heterocycles. The molecule has 7 nitrogen and oxygen atoms in total. The largest absolute Gasteiger partial charge is 0.489 e. The fourth-order valence-corrected chi connectivity index (χ4v) is 4.18. The van der Waals surface area contributed by atoms with Crippen LogP contribution in [0.1, 0.15) is 29.6 Å². The molecule has 27 heavy (non-hydrogen) atoms. The molecule has 0 aliphatic heterocycles. The molecule has 5 rings (SSSR count). The number of aliphatic hydroxyl groups excluding tert-OH is 1. The number of amides is 1.